The number of fused-ring (bicyclic) bond motifs is 2. The van der Waals surface area contributed by atoms with Crippen molar-refractivity contribution in [3.63, 3.8) is 0 Å². The molecule has 16 heteroatoms. The number of ether oxygens (including phenoxy) is 2. The SMILES string of the molecule is C[C@]1(CO)CC[C@]2(C(=O)O)CC[C@@]34CCC#C[C@H]([C@@H]5[C@@H]([C@H](CCCN)c6cnc[nH]6)NC(=O)[C@@H]5CO)[C@H]5[C@@H](O)[C@@H](O[C@@H]6OC[C@@H](O)[C@H](O)[C@H]6O)[C@@](C)(CO)[C@H]6CC[C@]3(C)[C@H](CC=C4[C@@H]2C1)[C@@]56C. The first-order valence-corrected chi connectivity index (χ1v) is 25.1. The maximum absolute atomic E-state index is 14.3. The molecule has 16 nitrogen and oxygen atoms in total. The van der Waals surface area contributed by atoms with Crippen LogP contribution in [0.25, 0.3) is 0 Å². The van der Waals surface area contributed by atoms with E-state index in [1.54, 1.807) is 12.5 Å². The Hall–Kier alpha value is -2.95. The number of aliphatic hydroxyl groups excluding tert-OH is 7. The number of H-pyrrole nitrogens is 1. The molecule has 21 atom stereocenters. The Kier molecular flexibility index (Phi) is 13.0. The predicted octanol–water partition coefficient (Wildman–Crippen LogP) is 2.20. The molecule has 2 saturated heterocycles. The van der Waals surface area contributed by atoms with Gasteiger partial charge in [-0.1, -0.05) is 45.3 Å². The van der Waals surface area contributed by atoms with Crippen molar-refractivity contribution in [2.24, 2.45) is 79.6 Å². The number of carbonyl (C=O) groups excluding carboxylic acids is 1. The third-order valence-electron chi connectivity index (χ3n) is 20.6. The highest BCUT2D eigenvalue weighted by Gasteiger charge is 2.75. The fourth-order valence-electron chi connectivity index (χ4n) is 17.1. The van der Waals surface area contributed by atoms with Crippen molar-refractivity contribution in [3.8, 4) is 11.8 Å². The smallest absolute Gasteiger partial charge is 0.310 e. The minimum atomic E-state index is -1.67. The topological polar surface area (TPSA) is 281 Å². The molecule has 6 fully saturated rings. The number of amides is 1. The minimum Gasteiger partial charge on any atom is -0.481 e. The van der Waals surface area contributed by atoms with Crippen LogP contribution in [0.1, 0.15) is 116 Å². The molecular formula is C51H76N4O12. The third-order valence-corrected chi connectivity index (χ3v) is 20.6. The fraction of sp³-hybridized carbons (Fsp3) is 0.824. The van der Waals surface area contributed by atoms with Crippen LogP contribution < -0.4 is 11.1 Å². The van der Waals surface area contributed by atoms with Crippen LogP contribution in [0.2, 0.25) is 0 Å². The number of hydrogen-bond donors (Lipinski definition) is 11. The maximum Gasteiger partial charge on any atom is 0.310 e. The number of aromatic amines is 1. The van der Waals surface area contributed by atoms with Crippen molar-refractivity contribution in [2.75, 3.05) is 33.0 Å². The van der Waals surface area contributed by atoms with Gasteiger partial charge >= 0.3 is 5.97 Å². The second kappa shape index (κ2) is 17.7. The summed E-state index contributed by atoms with van der Waals surface area (Å²) < 4.78 is 12.6. The van der Waals surface area contributed by atoms with Gasteiger partial charge in [0, 0.05) is 60.0 Å². The highest BCUT2D eigenvalue weighted by molar-refractivity contribution is 5.82. The number of hydrogen-bond acceptors (Lipinski definition) is 13. The zero-order valence-corrected chi connectivity index (χ0v) is 39.6. The summed E-state index contributed by atoms with van der Waals surface area (Å²) in [6.07, 6.45) is 4.10. The Morgan fingerprint density at radius 3 is 2.43 bits per heavy atom. The molecule has 4 bridgehead atoms. The standard InChI is InChI=1S/C51H76N4O12/c1-46(24-57)15-16-50(45(64)65)17-18-51-13-6-5-8-28(36-29(22-56)43(63)55-38(36)27(9-7-19-52)32-21-53-26-54-32)37-40(61)42(67-44-41(62)39(60)33(59)23-66-44)47(2,25-58)34-12-14-48(51,3)35(49(34,37)4)11-10-30(51)31(50)20-46/h10,21,26-29,31,33-42,44,56-62H,6-7,9,11-20,22-25,52H2,1-4H3,(H,53,54)(H,55,63)(H,64,65)/t27-,28-,29-,31+,33-,34-,35+,36+,37+,38-,39+,40-,41-,42-,44+,46+,47+,48-,49+,50+,51-/m1/s1. The summed E-state index contributed by atoms with van der Waals surface area (Å²) in [6, 6.07) is -0.562. The van der Waals surface area contributed by atoms with Gasteiger partial charge in [-0.05, 0) is 117 Å². The average Bonchev–Trinajstić information content (AvgIpc) is 3.96. The monoisotopic (exact) mass is 937 g/mol. The number of allylic oxidation sites excluding steroid dienone is 2. The maximum atomic E-state index is 14.3. The number of aliphatic carboxylic acids is 1. The van der Waals surface area contributed by atoms with Crippen molar-refractivity contribution < 1.29 is 59.9 Å². The van der Waals surface area contributed by atoms with E-state index in [1.165, 1.54) is 5.57 Å². The summed E-state index contributed by atoms with van der Waals surface area (Å²) in [7, 11) is 0. The van der Waals surface area contributed by atoms with Crippen molar-refractivity contribution in [1.82, 2.24) is 15.3 Å². The molecule has 4 saturated carbocycles. The van der Waals surface area contributed by atoms with Gasteiger partial charge in [0.05, 0.1) is 49.7 Å². The van der Waals surface area contributed by atoms with Crippen LogP contribution in [0.4, 0.5) is 0 Å². The Bertz CT molecular complexity index is 2110. The molecule has 372 valence electrons. The molecule has 2 aliphatic heterocycles. The Balaban J connectivity index is 1.25. The molecule has 67 heavy (non-hydrogen) atoms. The van der Waals surface area contributed by atoms with Crippen LogP contribution in [0.5, 0.6) is 0 Å². The number of nitrogens with zero attached hydrogens (tertiary/aromatic N) is 1. The summed E-state index contributed by atoms with van der Waals surface area (Å²) in [4.78, 5) is 35.5. The van der Waals surface area contributed by atoms with Crippen LogP contribution in [-0.4, -0.2) is 139 Å². The molecule has 0 radical (unpaired) electrons. The van der Waals surface area contributed by atoms with E-state index in [1.807, 2.05) is 6.92 Å². The van der Waals surface area contributed by atoms with Gasteiger partial charge in [-0.15, -0.1) is 5.92 Å². The van der Waals surface area contributed by atoms with Gasteiger partial charge < -0.3 is 66.4 Å². The number of carboxylic acids is 1. The highest BCUT2D eigenvalue weighted by Crippen LogP contribution is 2.78. The number of carboxylic acid groups (broad SMARTS) is 1. The Labute approximate surface area is 393 Å². The minimum absolute atomic E-state index is 0.0290. The Morgan fingerprint density at radius 2 is 1.76 bits per heavy atom. The molecule has 0 unspecified atom stereocenters. The van der Waals surface area contributed by atoms with Gasteiger partial charge in [-0.25, -0.2) is 4.98 Å². The predicted molar refractivity (Wildman–Crippen MR) is 243 cm³/mol. The number of carbonyl (C=O) groups is 2. The molecule has 3 heterocycles. The molecule has 6 aliphatic carbocycles. The second-order valence-electron chi connectivity index (χ2n) is 23.4. The van der Waals surface area contributed by atoms with E-state index in [4.69, 9.17) is 15.2 Å². The molecule has 9 rings (SSSR count). The lowest BCUT2D eigenvalue weighted by Crippen LogP contribution is -2.74. The van der Waals surface area contributed by atoms with Crippen molar-refractivity contribution >= 4 is 11.9 Å². The molecular weight excluding hydrogens is 861 g/mol. The van der Waals surface area contributed by atoms with E-state index in [2.05, 4.69) is 54.0 Å². The van der Waals surface area contributed by atoms with E-state index in [0.717, 1.165) is 12.1 Å². The first-order chi connectivity index (χ1) is 31.9. The van der Waals surface area contributed by atoms with Crippen LogP contribution >= 0.6 is 0 Å². The van der Waals surface area contributed by atoms with Crippen LogP contribution in [-0.2, 0) is 19.1 Å². The summed E-state index contributed by atoms with van der Waals surface area (Å²) >= 11 is 0. The first-order valence-electron chi connectivity index (χ1n) is 25.1. The van der Waals surface area contributed by atoms with Gasteiger partial charge in [0.25, 0.3) is 0 Å². The van der Waals surface area contributed by atoms with Gasteiger partial charge in [0.15, 0.2) is 6.29 Å². The molecule has 0 aromatic carbocycles. The number of aliphatic hydroxyl groups is 7. The van der Waals surface area contributed by atoms with Crippen LogP contribution in [0.15, 0.2) is 24.2 Å². The summed E-state index contributed by atoms with van der Waals surface area (Å²) in [5, 5.41) is 94.4. The zero-order chi connectivity index (χ0) is 48.1. The summed E-state index contributed by atoms with van der Waals surface area (Å²) in [5.41, 5.74) is 3.78. The van der Waals surface area contributed by atoms with Crippen LogP contribution in [0, 0.1) is 85.8 Å². The lowest BCUT2D eigenvalue weighted by molar-refractivity contribution is -0.343. The normalized spacial score (nSPS) is 49.6. The third kappa shape index (κ3) is 7.09. The highest BCUT2D eigenvalue weighted by atomic mass is 16.7. The van der Waals surface area contributed by atoms with Gasteiger partial charge in [-0.3, -0.25) is 9.59 Å². The van der Waals surface area contributed by atoms with Crippen molar-refractivity contribution in [3.05, 3.63) is 29.9 Å². The quantitative estimate of drug-likeness (QED) is 0.0815. The summed E-state index contributed by atoms with van der Waals surface area (Å²) in [5.74, 6) is 2.14. The fourth-order valence-corrected chi connectivity index (χ4v) is 17.1. The van der Waals surface area contributed by atoms with Crippen molar-refractivity contribution in [1.29, 1.82) is 0 Å². The van der Waals surface area contributed by atoms with Gasteiger partial charge in [0.1, 0.15) is 18.3 Å². The van der Waals surface area contributed by atoms with Gasteiger partial charge in [-0.2, -0.15) is 0 Å². The number of imidazole rings is 1. The van der Waals surface area contributed by atoms with E-state index < -0.39 is 118 Å². The Morgan fingerprint density at radius 1 is 1.00 bits per heavy atom. The molecule has 12 N–H and O–H groups in total. The lowest BCUT2D eigenvalue weighted by atomic mass is 9.30. The molecule has 1 amide bonds. The van der Waals surface area contributed by atoms with E-state index in [0.29, 0.717) is 77.2 Å². The van der Waals surface area contributed by atoms with E-state index >= 15 is 0 Å². The molecule has 1 aromatic heterocycles. The number of aromatic nitrogens is 2. The number of nitrogens with two attached hydrogens (primary N) is 1. The lowest BCUT2D eigenvalue weighted by Gasteiger charge is -2.74. The summed E-state index contributed by atoms with van der Waals surface area (Å²) in [6.45, 7) is 7.78. The number of nitrogens with one attached hydrogen (secondary N) is 2. The second-order valence-corrected chi connectivity index (χ2v) is 23.4. The largest absolute Gasteiger partial charge is 0.481 e. The number of rotatable bonds is 12. The average molecular weight is 937 g/mol. The van der Waals surface area contributed by atoms with E-state index in [9.17, 15) is 50.4 Å². The molecule has 8 aliphatic rings. The molecule has 1 aromatic rings. The first kappa shape index (κ1) is 49.0. The van der Waals surface area contributed by atoms with Crippen LogP contribution in [0.3, 0.4) is 0 Å². The van der Waals surface area contributed by atoms with Gasteiger partial charge in [0.2, 0.25) is 5.91 Å². The van der Waals surface area contributed by atoms with Crippen molar-refractivity contribution in [2.45, 2.75) is 154 Å². The zero-order valence-electron chi connectivity index (χ0n) is 39.6. The molecule has 1 spiro atoms. The van der Waals surface area contributed by atoms with E-state index in [-0.39, 0.29) is 42.8 Å².